The molecule has 0 radical (unpaired) electrons. The molecule has 0 atom stereocenters. The summed E-state index contributed by atoms with van der Waals surface area (Å²) >= 11 is 4.06. The average molecular weight is 474 g/mol. The number of carbonyl (C=O) groups is 4. The largest absolute Gasteiger partial charge is 0.493 e. The van der Waals surface area contributed by atoms with Gasteiger partial charge in [0.25, 0.3) is 11.1 Å². The first-order chi connectivity index (χ1) is 13.3. The number of hydrogen-bond donors (Lipinski definition) is 0. The summed E-state index contributed by atoms with van der Waals surface area (Å²) in [7, 11) is 3.84. The average Bonchev–Trinajstić information content (AvgIpc) is 2.94. The molecule has 0 aliphatic carbocycles. The highest BCUT2D eigenvalue weighted by Gasteiger charge is 2.36. The summed E-state index contributed by atoms with van der Waals surface area (Å²) in [5.74, 6) is -1.25. The van der Waals surface area contributed by atoms with Crippen molar-refractivity contribution >= 4 is 56.9 Å². The molecule has 2 amide bonds. The molecule has 1 aliphatic heterocycles. The van der Waals surface area contributed by atoms with E-state index in [4.69, 9.17) is 9.47 Å². The number of amides is 2. The van der Waals surface area contributed by atoms with Gasteiger partial charge in [-0.25, -0.2) is 4.79 Å². The Morgan fingerprint density at radius 2 is 1.79 bits per heavy atom. The number of carbonyl (C=O) groups excluding carboxylic acids is 4. The van der Waals surface area contributed by atoms with Crippen molar-refractivity contribution in [2.45, 2.75) is 0 Å². The Balaban J connectivity index is 2.28. The third-order valence-corrected chi connectivity index (χ3v) is 5.13. The Kier molecular flexibility index (Phi) is 7.46. The number of rotatable bonds is 7. The molecule has 0 aromatic heterocycles. The van der Waals surface area contributed by atoms with Crippen LogP contribution < -0.4 is 9.47 Å². The van der Waals surface area contributed by atoms with E-state index in [2.05, 4.69) is 25.4 Å². The summed E-state index contributed by atoms with van der Waals surface area (Å²) in [6.07, 6.45) is 1.48. The standard InChI is InChI=1S/C17H16BrNO8S/c1-24-11-4-9(10(18)6-12(11)27-8-15(21)26-3)5-13-16(22)19(17(23)28-13)7-14(20)25-2/h4-6H,7-8H2,1-3H3/b13-5+. The van der Waals surface area contributed by atoms with E-state index >= 15 is 0 Å². The maximum absolute atomic E-state index is 12.4. The van der Waals surface area contributed by atoms with Gasteiger partial charge in [-0.05, 0) is 35.5 Å². The minimum Gasteiger partial charge on any atom is -0.493 e. The van der Waals surface area contributed by atoms with Gasteiger partial charge < -0.3 is 18.9 Å². The topological polar surface area (TPSA) is 108 Å². The molecule has 0 spiro atoms. The molecule has 1 saturated heterocycles. The predicted octanol–water partition coefficient (Wildman–Crippen LogP) is 2.22. The Morgan fingerprint density at radius 3 is 2.39 bits per heavy atom. The van der Waals surface area contributed by atoms with Crippen molar-refractivity contribution in [1.82, 2.24) is 4.90 Å². The molecule has 1 heterocycles. The molecule has 2 rings (SSSR count). The highest BCUT2D eigenvalue weighted by Crippen LogP contribution is 2.38. The van der Waals surface area contributed by atoms with E-state index in [0.29, 0.717) is 27.5 Å². The summed E-state index contributed by atoms with van der Waals surface area (Å²) in [5.41, 5.74) is 0.533. The van der Waals surface area contributed by atoms with E-state index in [1.807, 2.05) is 0 Å². The van der Waals surface area contributed by atoms with E-state index in [1.54, 1.807) is 12.1 Å². The van der Waals surface area contributed by atoms with Gasteiger partial charge in [-0.3, -0.25) is 19.3 Å². The monoisotopic (exact) mass is 473 g/mol. The first-order valence-corrected chi connectivity index (χ1v) is 9.31. The van der Waals surface area contributed by atoms with Crippen molar-refractivity contribution in [2.75, 3.05) is 34.5 Å². The van der Waals surface area contributed by atoms with E-state index < -0.39 is 29.6 Å². The molecular weight excluding hydrogens is 458 g/mol. The number of esters is 2. The van der Waals surface area contributed by atoms with Gasteiger partial charge in [-0.1, -0.05) is 15.9 Å². The van der Waals surface area contributed by atoms with Crippen molar-refractivity contribution in [3.05, 3.63) is 27.1 Å². The van der Waals surface area contributed by atoms with Crippen LogP contribution in [0, 0.1) is 0 Å². The molecule has 0 saturated carbocycles. The molecule has 1 aromatic carbocycles. The molecule has 1 aliphatic rings. The van der Waals surface area contributed by atoms with Gasteiger partial charge in [0, 0.05) is 4.47 Å². The van der Waals surface area contributed by atoms with Crippen LogP contribution in [0.15, 0.2) is 21.5 Å². The quantitative estimate of drug-likeness (QED) is 0.434. The summed E-state index contributed by atoms with van der Waals surface area (Å²) in [6, 6.07) is 3.14. The van der Waals surface area contributed by atoms with Gasteiger partial charge in [0.1, 0.15) is 6.54 Å². The minimum atomic E-state index is -0.696. The van der Waals surface area contributed by atoms with E-state index in [0.717, 1.165) is 4.90 Å². The van der Waals surface area contributed by atoms with Crippen LogP contribution in [0.25, 0.3) is 6.08 Å². The van der Waals surface area contributed by atoms with Crippen LogP contribution >= 0.6 is 27.7 Å². The van der Waals surface area contributed by atoms with Crippen molar-refractivity contribution in [3.8, 4) is 11.5 Å². The number of halogens is 1. The second kappa shape index (κ2) is 9.60. The van der Waals surface area contributed by atoms with Crippen molar-refractivity contribution in [3.63, 3.8) is 0 Å². The smallest absolute Gasteiger partial charge is 0.343 e. The van der Waals surface area contributed by atoms with Gasteiger partial charge in [0.2, 0.25) is 0 Å². The number of nitrogens with zero attached hydrogens (tertiary/aromatic N) is 1. The number of imide groups is 1. The second-order valence-electron chi connectivity index (χ2n) is 5.23. The molecule has 0 bridgehead atoms. The lowest BCUT2D eigenvalue weighted by Crippen LogP contribution is -2.34. The maximum atomic E-state index is 12.4. The van der Waals surface area contributed by atoms with Crippen LogP contribution in [0.5, 0.6) is 11.5 Å². The molecule has 28 heavy (non-hydrogen) atoms. The normalized spacial score (nSPS) is 15.0. The second-order valence-corrected chi connectivity index (χ2v) is 7.08. The Hall–Kier alpha value is -2.53. The van der Waals surface area contributed by atoms with Gasteiger partial charge in [0.05, 0.1) is 26.2 Å². The third-order valence-electron chi connectivity index (χ3n) is 3.53. The minimum absolute atomic E-state index is 0.139. The molecule has 11 heteroatoms. The highest BCUT2D eigenvalue weighted by atomic mass is 79.9. The SMILES string of the molecule is COC(=O)COc1cc(Br)c(/C=C2/SC(=O)N(CC(=O)OC)C2=O)cc1OC. The summed E-state index contributed by atoms with van der Waals surface area (Å²) in [6.45, 7) is -0.756. The Labute approximate surface area is 173 Å². The molecular formula is C17H16BrNO8S. The Bertz CT molecular complexity index is 854. The van der Waals surface area contributed by atoms with Crippen LogP contribution in [0.2, 0.25) is 0 Å². The van der Waals surface area contributed by atoms with Crippen molar-refractivity contribution in [2.24, 2.45) is 0 Å². The zero-order valence-electron chi connectivity index (χ0n) is 15.1. The van der Waals surface area contributed by atoms with Gasteiger partial charge in [-0.2, -0.15) is 0 Å². The fraction of sp³-hybridized carbons (Fsp3) is 0.294. The molecule has 0 N–H and O–H groups in total. The van der Waals surface area contributed by atoms with Crippen LogP contribution in [0.1, 0.15) is 5.56 Å². The van der Waals surface area contributed by atoms with Gasteiger partial charge in [0.15, 0.2) is 18.1 Å². The molecule has 150 valence electrons. The third kappa shape index (κ3) is 5.04. The molecule has 9 nitrogen and oxygen atoms in total. The lowest BCUT2D eigenvalue weighted by atomic mass is 10.2. The van der Waals surface area contributed by atoms with Crippen LogP contribution in [-0.2, 0) is 23.9 Å². The van der Waals surface area contributed by atoms with Crippen molar-refractivity contribution < 1.29 is 38.1 Å². The zero-order chi connectivity index (χ0) is 20.8. The number of thioether (sulfide) groups is 1. The van der Waals surface area contributed by atoms with E-state index in [9.17, 15) is 19.2 Å². The molecule has 1 aromatic rings. The number of benzene rings is 1. The van der Waals surface area contributed by atoms with Crippen LogP contribution in [-0.4, -0.2) is 62.5 Å². The fourth-order valence-corrected chi connectivity index (χ4v) is 3.37. The summed E-state index contributed by atoms with van der Waals surface area (Å²) in [4.78, 5) is 47.9. The Morgan fingerprint density at radius 1 is 1.11 bits per heavy atom. The summed E-state index contributed by atoms with van der Waals surface area (Å²) < 4.78 is 20.2. The van der Waals surface area contributed by atoms with Crippen LogP contribution in [0.3, 0.4) is 0 Å². The van der Waals surface area contributed by atoms with Crippen LogP contribution in [0.4, 0.5) is 4.79 Å². The maximum Gasteiger partial charge on any atom is 0.343 e. The lowest BCUT2D eigenvalue weighted by Gasteiger charge is -2.12. The number of ether oxygens (including phenoxy) is 4. The van der Waals surface area contributed by atoms with Gasteiger partial charge >= 0.3 is 11.9 Å². The zero-order valence-corrected chi connectivity index (χ0v) is 17.5. The van der Waals surface area contributed by atoms with E-state index in [-0.39, 0.29) is 17.3 Å². The lowest BCUT2D eigenvalue weighted by molar-refractivity contribution is -0.143. The van der Waals surface area contributed by atoms with Crippen molar-refractivity contribution in [1.29, 1.82) is 0 Å². The highest BCUT2D eigenvalue weighted by molar-refractivity contribution is 9.10. The molecule has 0 unspecified atom stereocenters. The fourth-order valence-electron chi connectivity index (χ4n) is 2.10. The summed E-state index contributed by atoms with van der Waals surface area (Å²) in [5, 5.41) is -0.567. The first-order valence-electron chi connectivity index (χ1n) is 7.70. The number of hydrogen-bond acceptors (Lipinski definition) is 9. The van der Waals surface area contributed by atoms with Gasteiger partial charge in [-0.15, -0.1) is 0 Å². The number of methoxy groups -OCH3 is 3. The molecule has 1 fully saturated rings. The first kappa shape index (κ1) is 21.8. The predicted molar refractivity (Wildman–Crippen MR) is 103 cm³/mol. The van der Waals surface area contributed by atoms with E-state index in [1.165, 1.54) is 27.4 Å².